The summed E-state index contributed by atoms with van der Waals surface area (Å²) >= 11 is 0. The molecule has 0 saturated carbocycles. The summed E-state index contributed by atoms with van der Waals surface area (Å²) in [6.07, 6.45) is 7.57. The molecule has 1 saturated heterocycles. The maximum Gasteiger partial charge on any atom is 0.148 e. The van der Waals surface area contributed by atoms with Crippen LogP contribution in [-0.4, -0.2) is 58.2 Å². The van der Waals surface area contributed by atoms with Crippen molar-refractivity contribution in [2.45, 2.75) is 25.8 Å². The minimum Gasteiger partial charge on any atom is -0.383 e. The van der Waals surface area contributed by atoms with Crippen molar-refractivity contribution in [3.8, 4) is 0 Å². The molecule has 1 N–H and O–H groups in total. The van der Waals surface area contributed by atoms with E-state index in [4.69, 9.17) is 4.74 Å². The Labute approximate surface area is 149 Å². The molecular formula is C18H28N6O. The molecule has 136 valence electrons. The van der Waals surface area contributed by atoms with Crippen LogP contribution in [0.25, 0.3) is 0 Å². The minimum absolute atomic E-state index is 0.645. The van der Waals surface area contributed by atoms with Crippen LogP contribution < -0.4 is 5.32 Å². The Morgan fingerprint density at radius 3 is 2.96 bits per heavy atom. The van der Waals surface area contributed by atoms with Gasteiger partial charge in [-0.1, -0.05) is 0 Å². The molecule has 2 aromatic rings. The fourth-order valence-electron chi connectivity index (χ4n) is 3.41. The van der Waals surface area contributed by atoms with Gasteiger partial charge in [-0.2, -0.15) is 10.2 Å². The normalized spacial score (nSPS) is 18.4. The van der Waals surface area contributed by atoms with Gasteiger partial charge in [0.25, 0.3) is 0 Å². The van der Waals surface area contributed by atoms with Gasteiger partial charge in [-0.15, -0.1) is 5.10 Å². The first-order valence-electron chi connectivity index (χ1n) is 8.98. The number of hydrogen-bond donors (Lipinski definition) is 1. The van der Waals surface area contributed by atoms with Gasteiger partial charge in [-0.05, 0) is 43.9 Å². The second-order valence-electron chi connectivity index (χ2n) is 6.80. The zero-order valence-electron chi connectivity index (χ0n) is 15.2. The Morgan fingerprint density at radius 2 is 2.24 bits per heavy atom. The van der Waals surface area contributed by atoms with Crippen molar-refractivity contribution in [2.24, 2.45) is 13.0 Å². The summed E-state index contributed by atoms with van der Waals surface area (Å²) in [5.41, 5.74) is 2.36. The minimum atomic E-state index is 0.645. The number of methoxy groups -OCH3 is 1. The molecule has 7 nitrogen and oxygen atoms in total. The average Bonchev–Trinajstić information content (AvgIpc) is 3.02. The number of nitrogens with one attached hydrogen (secondary N) is 1. The molecule has 0 unspecified atom stereocenters. The van der Waals surface area contributed by atoms with Crippen molar-refractivity contribution in [3.05, 3.63) is 35.8 Å². The number of aromatic nitrogens is 4. The Balaban J connectivity index is 1.48. The van der Waals surface area contributed by atoms with Crippen molar-refractivity contribution in [1.82, 2.24) is 24.9 Å². The lowest BCUT2D eigenvalue weighted by molar-refractivity contribution is 0.166. The van der Waals surface area contributed by atoms with Gasteiger partial charge in [0.1, 0.15) is 5.82 Å². The zero-order chi connectivity index (χ0) is 17.5. The SMILES string of the molecule is COCCNc1ccc(C[C@@H]2CCCN(Cc3cnn(C)c3)C2)nn1. The first-order chi connectivity index (χ1) is 12.2. The summed E-state index contributed by atoms with van der Waals surface area (Å²) in [7, 11) is 3.66. The highest BCUT2D eigenvalue weighted by Gasteiger charge is 2.21. The fraction of sp³-hybridized carbons (Fsp3) is 0.611. The first kappa shape index (κ1) is 17.8. The van der Waals surface area contributed by atoms with Gasteiger partial charge in [0, 0.05) is 45.6 Å². The van der Waals surface area contributed by atoms with E-state index in [1.807, 2.05) is 24.0 Å². The third-order valence-corrected chi connectivity index (χ3v) is 4.60. The Kier molecular flexibility index (Phi) is 6.36. The van der Waals surface area contributed by atoms with Crippen LogP contribution in [0.1, 0.15) is 24.1 Å². The van der Waals surface area contributed by atoms with Gasteiger partial charge in [0.05, 0.1) is 18.5 Å². The van der Waals surface area contributed by atoms with Crippen LogP contribution in [0.5, 0.6) is 0 Å². The van der Waals surface area contributed by atoms with E-state index in [-0.39, 0.29) is 0 Å². The largest absolute Gasteiger partial charge is 0.383 e. The number of ether oxygens (including phenoxy) is 1. The first-order valence-corrected chi connectivity index (χ1v) is 8.98. The van der Waals surface area contributed by atoms with Crippen LogP contribution in [0.2, 0.25) is 0 Å². The van der Waals surface area contributed by atoms with Crippen LogP contribution in [0.4, 0.5) is 5.82 Å². The molecule has 0 bridgehead atoms. The maximum absolute atomic E-state index is 5.02. The lowest BCUT2D eigenvalue weighted by Gasteiger charge is -2.32. The van der Waals surface area contributed by atoms with E-state index in [1.54, 1.807) is 7.11 Å². The van der Waals surface area contributed by atoms with Crippen LogP contribution >= 0.6 is 0 Å². The molecule has 0 radical (unpaired) electrons. The number of piperidine rings is 1. The lowest BCUT2D eigenvalue weighted by atomic mass is 9.93. The summed E-state index contributed by atoms with van der Waals surface area (Å²) < 4.78 is 6.89. The Morgan fingerprint density at radius 1 is 1.32 bits per heavy atom. The van der Waals surface area contributed by atoms with Gasteiger partial charge < -0.3 is 10.1 Å². The third-order valence-electron chi connectivity index (χ3n) is 4.60. The van der Waals surface area contributed by atoms with Crippen LogP contribution in [-0.2, 0) is 24.8 Å². The molecule has 2 aromatic heterocycles. The smallest absolute Gasteiger partial charge is 0.148 e. The number of rotatable bonds is 8. The highest BCUT2D eigenvalue weighted by molar-refractivity contribution is 5.32. The molecule has 3 rings (SSSR count). The standard InChI is InChI=1S/C18H28N6O/c1-23-12-16(11-20-23)14-24-8-3-4-15(13-24)10-17-5-6-18(22-21-17)19-7-9-25-2/h5-6,11-12,15H,3-4,7-10,13-14H2,1-2H3,(H,19,22)/t15-/m0/s1. The monoisotopic (exact) mass is 344 g/mol. The van der Waals surface area contributed by atoms with E-state index in [9.17, 15) is 0 Å². The van der Waals surface area contributed by atoms with Gasteiger partial charge in [-0.25, -0.2) is 0 Å². The topological polar surface area (TPSA) is 68.1 Å². The number of likely N-dealkylation sites (tertiary alicyclic amines) is 1. The predicted molar refractivity (Wildman–Crippen MR) is 97.3 cm³/mol. The van der Waals surface area contributed by atoms with Gasteiger partial charge in [0.15, 0.2) is 0 Å². The van der Waals surface area contributed by atoms with E-state index < -0.39 is 0 Å². The van der Waals surface area contributed by atoms with Crippen molar-refractivity contribution < 1.29 is 4.74 Å². The summed E-state index contributed by atoms with van der Waals surface area (Å²) in [4.78, 5) is 2.53. The second-order valence-corrected chi connectivity index (χ2v) is 6.80. The van der Waals surface area contributed by atoms with E-state index in [2.05, 4.69) is 37.8 Å². The number of nitrogens with zero attached hydrogens (tertiary/aromatic N) is 5. The summed E-state index contributed by atoms with van der Waals surface area (Å²) in [5, 5.41) is 16.1. The molecule has 0 amide bonds. The molecule has 1 aliphatic heterocycles. The molecule has 1 fully saturated rings. The van der Waals surface area contributed by atoms with Gasteiger partial charge >= 0.3 is 0 Å². The second kappa shape index (κ2) is 8.92. The molecule has 25 heavy (non-hydrogen) atoms. The molecule has 1 aliphatic rings. The van der Waals surface area contributed by atoms with Gasteiger partial charge in [0.2, 0.25) is 0 Å². The molecule has 1 atom stereocenters. The van der Waals surface area contributed by atoms with Crippen LogP contribution in [0, 0.1) is 5.92 Å². The molecular weight excluding hydrogens is 316 g/mol. The number of hydrogen-bond acceptors (Lipinski definition) is 6. The van der Waals surface area contributed by atoms with E-state index >= 15 is 0 Å². The molecule has 7 heteroatoms. The number of anilines is 1. The highest BCUT2D eigenvalue weighted by Crippen LogP contribution is 2.21. The zero-order valence-corrected chi connectivity index (χ0v) is 15.2. The summed E-state index contributed by atoms with van der Waals surface area (Å²) in [6.45, 7) is 4.68. The lowest BCUT2D eigenvalue weighted by Crippen LogP contribution is -2.35. The van der Waals surface area contributed by atoms with Crippen LogP contribution in [0.15, 0.2) is 24.5 Å². The van der Waals surface area contributed by atoms with E-state index in [0.29, 0.717) is 12.5 Å². The predicted octanol–water partition coefficient (Wildman–Crippen LogP) is 1.72. The summed E-state index contributed by atoms with van der Waals surface area (Å²) in [5.74, 6) is 1.45. The van der Waals surface area contributed by atoms with Crippen molar-refractivity contribution in [1.29, 1.82) is 0 Å². The molecule has 0 aliphatic carbocycles. The average molecular weight is 344 g/mol. The van der Waals surface area contributed by atoms with Crippen molar-refractivity contribution in [3.63, 3.8) is 0 Å². The highest BCUT2D eigenvalue weighted by atomic mass is 16.5. The van der Waals surface area contributed by atoms with E-state index in [1.165, 1.54) is 24.9 Å². The maximum atomic E-state index is 5.02. The quantitative estimate of drug-likeness (QED) is 0.736. The van der Waals surface area contributed by atoms with Crippen molar-refractivity contribution in [2.75, 3.05) is 38.7 Å². The van der Waals surface area contributed by atoms with Crippen molar-refractivity contribution >= 4 is 5.82 Å². The number of aryl methyl sites for hydroxylation is 1. The third kappa shape index (κ3) is 5.51. The Hall–Kier alpha value is -1.99. The molecule has 0 aromatic carbocycles. The summed E-state index contributed by atoms with van der Waals surface area (Å²) in [6, 6.07) is 4.09. The van der Waals surface area contributed by atoms with Gasteiger partial charge in [-0.3, -0.25) is 9.58 Å². The molecule has 3 heterocycles. The molecule has 0 spiro atoms. The van der Waals surface area contributed by atoms with Crippen LogP contribution in [0.3, 0.4) is 0 Å². The Bertz CT molecular complexity index is 641. The van der Waals surface area contributed by atoms with E-state index in [0.717, 1.165) is 37.6 Å². The fourth-order valence-corrected chi connectivity index (χ4v) is 3.41.